The number of fused-ring (bicyclic) bond motifs is 1. The van der Waals surface area contributed by atoms with E-state index in [1.165, 1.54) is 36.6 Å². The van der Waals surface area contributed by atoms with Crippen LogP contribution in [0.3, 0.4) is 0 Å². The first-order valence-electron chi connectivity index (χ1n) is 14.7. The Morgan fingerprint density at radius 1 is 1.00 bits per heavy atom. The van der Waals surface area contributed by atoms with E-state index in [1.54, 1.807) is 6.08 Å². The van der Waals surface area contributed by atoms with Gasteiger partial charge in [0.15, 0.2) is 0 Å². The summed E-state index contributed by atoms with van der Waals surface area (Å²) in [5, 5.41) is 13.6. The van der Waals surface area contributed by atoms with Gasteiger partial charge >= 0.3 is 5.97 Å². The van der Waals surface area contributed by atoms with Crippen molar-refractivity contribution in [1.29, 1.82) is 0 Å². The summed E-state index contributed by atoms with van der Waals surface area (Å²) in [5.74, 6) is -0.867. The molecule has 2 aliphatic carbocycles. The van der Waals surface area contributed by atoms with E-state index >= 15 is 0 Å². The summed E-state index contributed by atoms with van der Waals surface area (Å²) in [4.78, 5) is 12.4. The Morgan fingerprint density at radius 2 is 1.70 bits per heavy atom. The van der Waals surface area contributed by atoms with Crippen LogP contribution in [0.5, 0.6) is 0 Å². The van der Waals surface area contributed by atoms with E-state index in [9.17, 15) is 9.90 Å². The number of methoxy groups -OCH3 is 1. The third-order valence-corrected chi connectivity index (χ3v) is 8.68. The topological polar surface area (TPSA) is 67.8 Å². The highest BCUT2D eigenvalue weighted by Crippen LogP contribution is 2.47. The highest BCUT2D eigenvalue weighted by molar-refractivity contribution is 5.85. The molecule has 2 aromatic rings. The van der Waals surface area contributed by atoms with Crippen molar-refractivity contribution in [1.82, 2.24) is 5.32 Å². The average molecular weight is 546 g/mol. The van der Waals surface area contributed by atoms with E-state index < -0.39 is 11.6 Å². The van der Waals surface area contributed by atoms with Gasteiger partial charge in [0.1, 0.15) is 5.76 Å². The van der Waals surface area contributed by atoms with Crippen LogP contribution in [0.4, 0.5) is 0 Å². The third-order valence-electron chi connectivity index (χ3n) is 8.68. The van der Waals surface area contributed by atoms with Gasteiger partial charge in [-0.15, -0.1) is 0 Å². The number of allylic oxidation sites excluding steroid dienone is 2. The fourth-order valence-electron chi connectivity index (χ4n) is 5.99. The number of hydrogen-bond acceptors (Lipinski definition) is 4. The number of unbranched alkanes of at least 4 members (excludes halogenated alkanes) is 1. The molecule has 2 unspecified atom stereocenters. The standard InChI is InChI=1S/C35H47NO4/c1-24(2)36-19-8-9-20-40-35(32(37)38)16-15-28(23-31(35)39-7)26-12-10-11-25(21-26)27-13-14-29-30(22-27)34(5,6)18-17-33(29,3)4/h10-16,21-24,28,36H,8-9,17-20H2,1-7H3,(H,37,38). The molecule has 5 heteroatoms. The van der Waals surface area contributed by atoms with Crippen LogP contribution >= 0.6 is 0 Å². The van der Waals surface area contributed by atoms with Crippen LogP contribution in [0.2, 0.25) is 0 Å². The Hall–Kier alpha value is -2.89. The van der Waals surface area contributed by atoms with E-state index in [4.69, 9.17) is 9.47 Å². The van der Waals surface area contributed by atoms with Crippen molar-refractivity contribution >= 4 is 5.97 Å². The molecular weight excluding hydrogens is 498 g/mol. The molecule has 0 saturated carbocycles. The van der Waals surface area contributed by atoms with Gasteiger partial charge in [0, 0.05) is 18.6 Å². The Balaban J connectivity index is 1.56. The minimum absolute atomic E-state index is 0.116. The SMILES string of the molecule is COC1=CC(c2cccc(-c3ccc4c(c3)C(C)(C)CCC4(C)C)c2)C=CC1(OCCCCNC(C)C)C(=O)O. The maximum atomic E-state index is 12.4. The van der Waals surface area contributed by atoms with Crippen molar-refractivity contribution < 1.29 is 19.4 Å². The van der Waals surface area contributed by atoms with Gasteiger partial charge in [-0.05, 0) is 83.0 Å². The van der Waals surface area contributed by atoms with Gasteiger partial charge in [0.25, 0.3) is 0 Å². The number of rotatable bonds is 11. The van der Waals surface area contributed by atoms with Crippen molar-refractivity contribution in [2.45, 2.75) is 95.6 Å². The Morgan fingerprint density at radius 3 is 2.38 bits per heavy atom. The summed E-state index contributed by atoms with van der Waals surface area (Å²) >= 11 is 0. The number of carbonyl (C=O) groups is 1. The van der Waals surface area contributed by atoms with Crippen molar-refractivity contribution in [2.24, 2.45) is 0 Å². The largest absolute Gasteiger partial charge is 0.497 e. The van der Waals surface area contributed by atoms with E-state index in [1.807, 2.05) is 12.2 Å². The number of hydrogen-bond donors (Lipinski definition) is 2. The molecule has 2 N–H and O–H groups in total. The molecule has 0 aliphatic heterocycles. The highest BCUT2D eigenvalue weighted by Gasteiger charge is 2.45. The summed E-state index contributed by atoms with van der Waals surface area (Å²) in [6.07, 6.45) is 9.51. The molecule has 0 bridgehead atoms. The molecule has 0 aromatic heterocycles. The Bertz CT molecular complexity index is 1270. The van der Waals surface area contributed by atoms with Crippen molar-refractivity contribution in [3.63, 3.8) is 0 Å². The predicted molar refractivity (Wildman–Crippen MR) is 163 cm³/mol. The summed E-state index contributed by atoms with van der Waals surface area (Å²) in [5.41, 5.74) is 5.06. The lowest BCUT2D eigenvalue weighted by Gasteiger charge is -2.42. The van der Waals surface area contributed by atoms with E-state index in [2.05, 4.69) is 89.3 Å². The number of nitrogens with one attached hydrogen (secondary N) is 1. The van der Waals surface area contributed by atoms with Crippen molar-refractivity contribution in [2.75, 3.05) is 20.3 Å². The molecule has 0 saturated heterocycles. The molecule has 0 fully saturated rings. The average Bonchev–Trinajstić information content (AvgIpc) is 2.92. The Labute approximate surface area is 240 Å². The molecule has 2 atom stereocenters. The fourth-order valence-corrected chi connectivity index (χ4v) is 5.99. The van der Waals surface area contributed by atoms with Crippen LogP contribution in [0.25, 0.3) is 11.1 Å². The van der Waals surface area contributed by atoms with Gasteiger partial charge in [0.2, 0.25) is 5.60 Å². The maximum absolute atomic E-state index is 12.4. The summed E-state index contributed by atoms with van der Waals surface area (Å²) < 4.78 is 11.6. The van der Waals surface area contributed by atoms with Gasteiger partial charge in [-0.2, -0.15) is 0 Å². The van der Waals surface area contributed by atoms with E-state index in [-0.39, 0.29) is 16.7 Å². The molecule has 2 aliphatic rings. The fraction of sp³-hybridized carbons (Fsp3) is 0.514. The van der Waals surface area contributed by atoms with Crippen LogP contribution in [0.1, 0.15) is 89.8 Å². The molecule has 0 heterocycles. The van der Waals surface area contributed by atoms with Crippen LogP contribution in [-0.4, -0.2) is 43.0 Å². The maximum Gasteiger partial charge on any atom is 0.348 e. The summed E-state index contributed by atoms with van der Waals surface area (Å²) in [6, 6.07) is 15.9. The second-order valence-electron chi connectivity index (χ2n) is 13.0. The Kier molecular flexibility index (Phi) is 8.96. The van der Waals surface area contributed by atoms with Gasteiger partial charge in [-0.25, -0.2) is 4.79 Å². The number of ether oxygens (including phenoxy) is 2. The zero-order valence-electron chi connectivity index (χ0n) is 25.3. The first kappa shape index (κ1) is 30.1. The van der Waals surface area contributed by atoms with Gasteiger partial charge in [-0.3, -0.25) is 0 Å². The molecule has 5 nitrogen and oxygen atoms in total. The smallest absolute Gasteiger partial charge is 0.348 e. The van der Waals surface area contributed by atoms with Gasteiger partial charge in [0.05, 0.1) is 7.11 Å². The number of benzene rings is 2. The van der Waals surface area contributed by atoms with Crippen LogP contribution in [-0.2, 0) is 25.1 Å². The highest BCUT2D eigenvalue weighted by atomic mass is 16.6. The lowest BCUT2D eigenvalue weighted by Crippen LogP contribution is -2.44. The number of carboxylic acids is 1. The second kappa shape index (κ2) is 11.9. The van der Waals surface area contributed by atoms with Crippen LogP contribution in [0, 0.1) is 0 Å². The molecule has 0 radical (unpaired) electrons. The minimum atomic E-state index is -1.61. The van der Waals surface area contributed by atoms with Crippen molar-refractivity contribution in [3.05, 3.63) is 83.1 Å². The molecule has 0 amide bonds. The number of aliphatic carboxylic acids is 1. The monoisotopic (exact) mass is 545 g/mol. The van der Waals surface area contributed by atoms with E-state index in [0.29, 0.717) is 18.4 Å². The first-order valence-corrected chi connectivity index (χ1v) is 14.7. The molecular formula is C35H47NO4. The van der Waals surface area contributed by atoms with Gasteiger partial charge < -0.3 is 19.9 Å². The zero-order chi connectivity index (χ0) is 29.1. The van der Waals surface area contributed by atoms with Crippen molar-refractivity contribution in [3.8, 4) is 11.1 Å². The summed E-state index contributed by atoms with van der Waals surface area (Å²) in [6.45, 7) is 14.8. The summed E-state index contributed by atoms with van der Waals surface area (Å²) in [7, 11) is 1.52. The zero-order valence-corrected chi connectivity index (χ0v) is 25.3. The molecule has 216 valence electrons. The third kappa shape index (κ3) is 6.21. The first-order chi connectivity index (χ1) is 18.9. The van der Waals surface area contributed by atoms with Crippen LogP contribution < -0.4 is 5.32 Å². The normalized spacial score (nSPS) is 23.0. The molecule has 0 spiro atoms. The lowest BCUT2D eigenvalue weighted by molar-refractivity contribution is -0.159. The van der Waals surface area contributed by atoms with Gasteiger partial charge in [-0.1, -0.05) is 90.1 Å². The molecule has 40 heavy (non-hydrogen) atoms. The molecule has 4 rings (SSSR count). The quantitative estimate of drug-likeness (QED) is 0.226. The molecule has 2 aromatic carbocycles. The number of carboxylic acid groups (broad SMARTS) is 1. The minimum Gasteiger partial charge on any atom is -0.497 e. The van der Waals surface area contributed by atoms with E-state index in [0.717, 1.165) is 30.5 Å². The van der Waals surface area contributed by atoms with Crippen LogP contribution in [0.15, 0.2) is 66.5 Å². The second-order valence-corrected chi connectivity index (χ2v) is 13.0. The predicted octanol–water partition coefficient (Wildman–Crippen LogP) is 7.50. The lowest BCUT2D eigenvalue weighted by atomic mass is 9.63.